The van der Waals surface area contributed by atoms with E-state index in [1.54, 1.807) is 155 Å². The number of carbonyl (C=O) groups is 15. The van der Waals surface area contributed by atoms with Crippen molar-refractivity contribution < 1.29 is 238 Å². The Labute approximate surface area is 845 Å². The number of amides is 6. The van der Waals surface area contributed by atoms with Crippen LogP contribution >= 0.6 is 0 Å². The van der Waals surface area contributed by atoms with Crippen LogP contribution in [0.4, 0.5) is 34.1 Å². The number of hydrogen-bond donors (Lipinski definition) is 12. The summed E-state index contributed by atoms with van der Waals surface area (Å²) >= 11 is 0. The summed E-state index contributed by atoms with van der Waals surface area (Å²) in [5, 5.41) is 96.9. The molecule has 3 aliphatic heterocycles. The molecule has 0 radical (unpaired) electrons. The van der Waals surface area contributed by atoms with Crippen molar-refractivity contribution in [2.24, 2.45) is 0 Å². The summed E-state index contributed by atoms with van der Waals surface area (Å²) in [7, 11) is 4.37. The molecule has 3 atom stereocenters. The second-order valence-electron chi connectivity index (χ2n) is 31.9. The van der Waals surface area contributed by atoms with E-state index in [0.29, 0.717) is 0 Å². The fourth-order valence-electron chi connectivity index (χ4n) is 15.6. The number of carboxylic acids is 9. The van der Waals surface area contributed by atoms with E-state index in [1.165, 1.54) is 54.0 Å². The van der Waals surface area contributed by atoms with Crippen molar-refractivity contribution in [1.29, 1.82) is 0 Å². The van der Waals surface area contributed by atoms with Gasteiger partial charge in [0, 0.05) is 349 Å². The van der Waals surface area contributed by atoms with Gasteiger partial charge in [0.1, 0.15) is 0 Å². The van der Waals surface area contributed by atoms with E-state index < -0.39 is 107 Å². The normalized spacial score (nSPS) is 17.3. The molecule has 42 nitrogen and oxygen atoms in total. The van der Waals surface area contributed by atoms with Crippen LogP contribution < -0.4 is 30.7 Å². The Morgan fingerprint density at radius 2 is 0.419 bits per heavy atom. The fourth-order valence-corrected chi connectivity index (χ4v) is 15.6. The molecule has 3 aliphatic rings. The number of carbonyl (C=O) groups excluding carboxylic acids is 6. The number of rotatable bonds is 33. The molecule has 0 aromatic heterocycles. The Morgan fingerprint density at radius 1 is 0.271 bits per heavy atom. The van der Waals surface area contributed by atoms with E-state index in [-0.39, 0.29) is 403 Å². The number of aliphatic carboxylic acids is 9. The molecule has 4 aromatic rings. The van der Waals surface area contributed by atoms with E-state index in [4.69, 9.17) is 0 Å². The van der Waals surface area contributed by atoms with Crippen LogP contribution in [0.25, 0.3) is 0 Å². The summed E-state index contributed by atoms with van der Waals surface area (Å²) in [6.45, 7) is 9.52. The van der Waals surface area contributed by atoms with Crippen LogP contribution in [0.2, 0.25) is 0 Å². The van der Waals surface area contributed by atoms with Gasteiger partial charge in [0.05, 0.1) is 77.0 Å². The molecule has 7 rings (SSSR count). The van der Waals surface area contributed by atoms with Crippen LogP contribution in [0.3, 0.4) is 0 Å². The van der Waals surface area contributed by atoms with Crippen molar-refractivity contribution in [2.75, 3.05) is 268 Å². The molecule has 0 aliphatic carbocycles. The molecular formula is C84H120Gd3N18O24. The minimum atomic E-state index is -1.13. The maximum Gasteiger partial charge on any atom is 0.317 e. The van der Waals surface area contributed by atoms with Crippen molar-refractivity contribution >= 4 is 123 Å². The van der Waals surface area contributed by atoms with E-state index in [1.807, 2.05) is 0 Å². The van der Waals surface area contributed by atoms with Gasteiger partial charge in [-0.2, -0.15) is 0 Å². The van der Waals surface area contributed by atoms with Gasteiger partial charge in [-0.3, -0.25) is 131 Å². The molecule has 3 fully saturated rings. The molecular weight excluding hydrogens is 2120 g/mol. The Kier molecular flexibility index (Phi) is 49.2. The summed E-state index contributed by atoms with van der Waals surface area (Å²) in [6, 6.07) is 16.1. The number of benzene rings is 4. The van der Waals surface area contributed by atoms with Crippen molar-refractivity contribution in [1.82, 2.24) is 58.8 Å². The SMILES string of the molecule is Cc1c(C(=O)N(C)c2cccc(NC(=O)C(C)N3CCN(CC(=O)O)CCN(CC(=O)O)CCN(CC(=O)O)CC3)c2)c(C)c(C(=O)N(C)c2cccc(NC(=O)C(C)N3CCN(CC(=O)O)CCN(CC(=O)O)CCN(CC(=O)O)CC3)c2)c(C)c1C(=O)N(C)c1cccc(NC(=O)C(C)N2CCN(CC(=O)O)CCN(CC(=O)O)CCN(CC(=O)O)CC2)c1.[Gd].[Gd].[Gd]. The van der Waals surface area contributed by atoms with Gasteiger partial charge in [0.2, 0.25) is 17.7 Å². The third-order valence-corrected chi connectivity index (χ3v) is 22.9. The van der Waals surface area contributed by atoms with Gasteiger partial charge in [-0.25, -0.2) is 0 Å². The third-order valence-electron chi connectivity index (χ3n) is 22.9. The molecule has 3 unspecified atom stereocenters. The van der Waals surface area contributed by atoms with Crippen molar-refractivity contribution in [3.63, 3.8) is 0 Å². The first-order chi connectivity index (χ1) is 59.5. The van der Waals surface area contributed by atoms with Crippen LogP contribution in [-0.4, -0.2) is 449 Å². The largest absolute Gasteiger partial charge is 0.480 e. The average Bonchev–Trinajstić information content (AvgIpc) is 0.744. The quantitative estimate of drug-likeness (QED) is 0.0295. The fraction of sp³-hybridized carbons (Fsp3) is 0.536. The molecule has 0 saturated carbocycles. The van der Waals surface area contributed by atoms with Gasteiger partial charge in [-0.15, -0.1) is 0 Å². The predicted molar refractivity (Wildman–Crippen MR) is 464 cm³/mol. The van der Waals surface area contributed by atoms with Gasteiger partial charge >= 0.3 is 53.7 Å². The molecule has 6 amide bonds. The Morgan fingerprint density at radius 3 is 0.566 bits per heavy atom. The zero-order chi connectivity index (χ0) is 92.9. The first-order valence-electron chi connectivity index (χ1n) is 41.5. The third kappa shape index (κ3) is 36.7. The summed E-state index contributed by atoms with van der Waals surface area (Å²) in [6.07, 6.45) is 0. The van der Waals surface area contributed by atoms with Gasteiger partial charge in [0.25, 0.3) is 17.7 Å². The Hall–Kier alpha value is -7.58. The van der Waals surface area contributed by atoms with E-state index in [2.05, 4.69) is 16.0 Å². The maximum absolute atomic E-state index is 15.8. The van der Waals surface area contributed by atoms with E-state index in [0.717, 1.165) is 0 Å². The molecule has 0 bridgehead atoms. The van der Waals surface area contributed by atoms with Crippen LogP contribution in [0.5, 0.6) is 0 Å². The molecule has 4 aromatic carbocycles. The first-order valence-corrected chi connectivity index (χ1v) is 41.5. The van der Waals surface area contributed by atoms with Crippen molar-refractivity contribution in [3.8, 4) is 0 Å². The number of nitrogens with one attached hydrogen (secondary N) is 3. The zero-order valence-electron chi connectivity index (χ0n) is 73.9. The number of hydrogen-bond acceptors (Lipinski definition) is 27. The molecule has 0 spiro atoms. The van der Waals surface area contributed by atoms with Crippen LogP contribution in [0.15, 0.2) is 72.8 Å². The topological polar surface area (TPSA) is 523 Å². The molecule has 45 heteroatoms. The minimum Gasteiger partial charge on any atom is -0.480 e. The molecule has 129 heavy (non-hydrogen) atoms. The number of nitrogens with zero attached hydrogens (tertiary/aromatic N) is 15. The zero-order valence-corrected chi connectivity index (χ0v) is 80.7. The van der Waals surface area contributed by atoms with Gasteiger partial charge in [-0.05, 0) is 113 Å². The smallest absolute Gasteiger partial charge is 0.317 e. The summed E-state index contributed by atoms with van der Waals surface area (Å²) < 4.78 is 0. The molecule has 3 saturated heterocycles. The summed E-state index contributed by atoms with van der Waals surface area (Å²) in [5.41, 5.74) is 1.50. The van der Waals surface area contributed by atoms with Crippen LogP contribution in [0.1, 0.15) is 68.5 Å². The standard InChI is InChI=1S/C84H120N18O24.3Gd/c1-55-76(82(124)88(7)64-16-10-13-61(43-64)85-79(121)58(4)100-37-31-94(49-70(109)110)25-19-91(46-67(103)104)20-26-95(32-38-100)50-71(111)112)56(2)78(84(126)90(9)66-18-12-15-63(45-66)87-81(123)60(6)102-41-35-98(53-74(117)118)29-23-93(48-69(107)108)24-30-99(36-42-102)54-75(119)120)57(3)77(55)83(125)89(8)65-17-11-14-62(44-65)86-80(122)59(5)101-39-33-96(51-72(113)114)27-21-92(47-68(105)106)22-28-97(34-40-101)52-73(115)116;;;/h10-18,43-45,58-60H,19-42,46-54H2,1-9H3,(H,85,121)(H,86,122)(H,87,123)(H,103,104)(H,105,106)(H,107,108)(H,109,110)(H,111,112)(H,113,114)(H,115,116)(H,117,118)(H,119,120);;;. The summed E-state index contributed by atoms with van der Waals surface area (Å²) in [5.74, 6) is -13.9. The van der Waals surface area contributed by atoms with E-state index in [9.17, 15) is 103 Å². The number of anilines is 6. The maximum atomic E-state index is 15.8. The van der Waals surface area contributed by atoms with Crippen molar-refractivity contribution in [3.05, 3.63) is 106 Å². The second-order valence-corrected chi connectivity index (χ2v) is 31.9. The first kappa shape index (κ1) is 114. The predicted octanol–water partition coefficient (Wildman–Crippen LogP) is -0.151. The van der Waals surface area contributed by atoms with Gasteiger partial charge in [0.15, 0.2) is 0 Å². The molecule has 12 N–H and O–H groups in total. The van der Waals surface area contributed by atoms with E-state index >= 15 is 14.4 Å². The van der Waals surface area contributed by atoms with Crippen LogP contribution in [0, 0.1) is 141 Å². The molecule has 714 valence electrons. The van der Waals surface area contributed by atoms with Crippen LogP contribution in [-0.2, 0) is 57.5 Å². The van der Waals surface area contributed by atoms with Gasteiger partial charge in [-0.1, -0.05) is 18.2 Å². The monoisotopic (exact) mass is 2240 g/mol. The Bertz CT molecular complexity index is 4020. The summed E-state index contributed by atoms with van der Waals surface area (Å²) in [4.78, 5) is 223. The number of carboxylic acid groups (broad SMARTS) is 9. The minimum absolute atomic E-state index is 0. The second kappa shape index (κ2) is 55.8. The average molecular weight is 2240 g/mol. The van der Waals surface area contributed by atoms with Crippen molar-refractivity contribution in [2.45, 2.75) is 59.7 Å². The Balaban J connectivity index is 0.0000116. The van der Waals surface area contributed by atoms with Gasteiger partial charge < -0.3 is 76.6 Å². The molecule has 3 heterocycles.